The van der Waals surface area contributed by atoms with Crippen LogP contribution in [0.4, 0.5) is 0 Å². The SMILES string of the molecule is CC1(C)c2cc3c(cc2-c2ccc4ccccc4c21)c1ccccc1n3-c1ccc2c3ccccc3n(-c3ccccc3)c2c1. The van der Waals surface area contributed by atoms with E-state index in [1.165, 1.54) is 88.0 Å². The summed E-state index contributed by atoms with van der Waals surface area (Å²) < 4.78 is 4.89. The fourth-order valence-corrected chi connectivity index (χ4v) is 8.29. The molecular weight excluding hydrogens is 544 g/mol. The lowest BCUT2D eigenvalue weighted by Gasteiger charge is -2.23. The van der Waals surface area contributed by atoms with E-state index >= 15 is 0 Å². The van der Waals surface area contributed by atoms with Gasteiger partial charge in [-0.15, -0.1) is 0 Å². The lowest BCUT2D eigenvalue weighted by molar-refractivity contribution is 0.667. The Morgan fingerprint density at radius 2 is 1.00 bits per heavy atom. The van der Waals surface area contributed by atoms with Crippen LogP contribution >= 0.6 is 0 Å². The summed E-state index contributed by atoms with van der Waals surface area (Å²) in [6.07, 6.45) is 0. The molecule has 7 aromatic carbocycles. The minimum Gasteiger partial charge on any atom is -0.309 e. The summed E-state index contributed by atoms with van der Waals surface area (Å²) in [5, 5.41) is 7.78. The van der Waals surface area contributed by atoms with Gasteiger partial charge in [0.25, 0.3) is 0 Å². The summed E-state index contributed by atoms with van der Waals surface area (Å²) in [6.45, 7) is 4.79. The van der Waals surface area contributed by atoms with Crippen LogP contribution in [-0.2, 0) is 5.41 Å². The predicted octanol–water partition coefficient (Wildman–Crippen LogP) is 11.3. The molecule has 0 saturated heterocycles. The number of hydrogen-bond donors (Lipinski definition) is 0. The quantitative estimate of drug-likeness (QED) is 0.194. The van der Waals surface area contributed by atoms with E-state index < -0.39 is 0 Å². The average molecular weight is 575 g/mol. The first-order valence-corrected chi connectivity index (χ1v) is 15.8. The van der Waals surface area contributed by atoms with Crippen molar-refractivity contribution in [3.05, 3.63) is 157 Å². The van der Waals surface area contributed by atoms with Crippen molar-refractivity contribution in [1.29, 1.82) is 0 Å². The van der Waals surface area contributed by atoms with E-state index in [0.29, 0.717) is 0 Å². The molecule has 0 radical (unpaired) electrons. The molecule has 2 heterocycles. The van der Waals surface area contributed by atoms with Crippen LogP contribution in [-0.4, -0.2) is 9.13 Å². The third-order valence-corrected chi connectivity index (χ3v) is 10.3. The summed E-state index contributed by atoms with van der Waals surface area (Å²) >= 11 is 0. The van der Waals surface area contributed by atoms with E-state index in [2.05, 4.69) is 169 Å². The van der Waals surface area contributed by atoms with Crippen molar-refractivity contribution < 1.29 is 0 Å². The van der Waals surface area contributed by atoms with Crippen LogP contribution in [0.25, 0.3) is 76.9 Å². The van der Waals surface area contributed by atoms with E-state index in [9.17, 15) is 0 Å². The van der Waals surface area contributed by atoms with Gasteiger partial charge in [-0.2, -0.15) is 0 Å². The monoisotopic (exact) mass is 574 g/mol. The highest BCUT2D eigenvalue weighted by atomic mass is 15.0. The van der Waals surface area contributed by atoms with Crippen LogP contribution in [0.1, 0.15) is 25.0 Å². The molecular formula is C43H30N2. The molecule has 2 heteroatoms. The topological polar surface area (TPSA) is 9.86 Å². The van der Waals surface area contributed by atoms with Gasteiger partial charge in [0.05, 0.1) is 22.1 Å². The first-order chi connectivity index (χ1) is 22.1. The Morgan fingerprint density at radius 1 is 0.400 bits per heavy atom. The van der Waals surface area contributed by atoms with E-state index in [-0.39, 0.29) is 5.41 Å². The van der Waals surface area contributed by atoms with Gasteiger partial charge in [0, 0.05) is 38.3 Å². The molecule has 212 valence electrons. The molecule has 0 bridgehead atoms. The second kappa shape index (κ2) is 8.74. The van der Waals surface area contributed by atoms with Gasteiger partial charge >= 0.3 is 0 Å². The molecule has 0 fully saturated rings. The molecule has 0 amide bonds. The number of rotatable bonds is 2. The number of aromatic nitrogens is 2. The van der Waals surface area contributed by atoms with Crippen molar-refractivity contribution in [2.24, 2.45) is 0 Å². The van der Waals surface area contributed by atoms with Crippen molar-refractivity contribution in [2.75, 3.05) is 0 Å². The summed E-state index contributed by atoms with van der Waals surface area (Å²) in [5.41, 5.74) is 12.7. The molecule has 10 rings (SSSR count). The minimum atomic E-state index is -0.120. The Labute approximate surface area is 261 Å². The van der Waals surface area contributed by atoms with Gasteiger partial charge in [0.1, 0.15) is 0 Å². The minimum absolute atomic E-state index is 0.120. The molecule has 2 nitrogen and oxygen atoms in total. The Balaban J connectivity index is 1.29. The lowest BCUT2D eigenvalue weighted by Crippen LogP contribution is -2.15. The fourth-order valence-electron chi connectivity index (χ4n) is 8.29. The molecule has 0 spiro atoms. The number of hydrogen-bond acceptors (Lipinski definition) is 0. The first kappa shape index (κ1) is 24.8. The highest BCUT2D eigenvalue weighted by Crippen LogP contribution is 2.53. The van der Waals surface area contributed by atoms with Crippen LogP contribution in [0.5, 0.6) is 0 Å². The number of nitrogens with zero attached hydrogens (tertiary/aromatic N) is 2. The molecule has 0 saturated carbocycles. The van der Waals surface area contributed by atoms with Crippen molar-refractivity contribution in [2.45, 2.75) is 19.3 Å². The highest BCUT2D eigenvalue weighted by Gasteiger charge is 2.37. The van der Waals surface area contributed by atoms with Gasteiger partial charge in [-0.1, -0.05) is 111 Å². The molecule has 0 unspecified atom stereocenters. The first-order valence-electron chi connectivity index (χ1n) is 15.8. The second-order valence-electron chi connectivity index (χ2n) is 13.0. The maximum atomic E-state index is 2.48. The van der Waals surface area contributed by atoms with Crippen LogP contribution in [0.2, 0.25) is 0 Å². The van der Waals surface area contributed by atoms with E-state index in [1.54, 1.807) is 0 Å². The third-order valence-electron chi connectivity index (χ3n) is 10.3. The standard InChI is InChI=1S/C43H30N2/c1-43(2)37-26-41-36(25-35(37)34-22-20-27-12-6-7-15-30(27)42(34)43)32-17-9-11-19-39(32)45(41)29-21-23-33-31-16-8-10-18-38(31)44(40(33)24-29)28-13-4-3-5-14-28/h3-26H,1-2H3. The van der Waals surface area contributed by atoms with Gasteiger partial charge in [-0.05, 0) is 81.6 Å². The molecule has 2 aromatic heterocycles. The number of fused-ring (bicyclic) bond motifs is 11. The Bertz CT molecular complexity index is 2670. The van der Waals surface area contributed by atoms with Crippen LogP contribution in [0.3, 0.4) is 0 Å². The summed E-state index contributed by atoms with van der Waals surface area (Å²) in [6, 6.07) is 53.8. The molecule has 0 N–H and O–H groups in total. The predicted molar refractivity (Wildman–Crippen MR) is 190 cm³/mol. The zero-order chi connectivity index (χ0) is 29.9. The molecule has 1 aliphatic rings. The molecule has 1 aliphatic carbocycles. The van der Waals surface area contributed by atoms with Crippen molar-refractivity contribution in [3.63, 3.8) is 0 Å². The summed E-state index contributed by atoms with van der Waals surface area (Å²) in [4.78, 5) is 0. The van der Waals surface area contributed by atoms with E-state index in [1.807, 2.05) is 0 Å². The smallest absolute Gasteiger partial charge is 0.0561 e. The third kappa shape index (κ3) is 3.24. The van der Waals surface area contributed by atoms with Crippen LogP contribution in [0, 0.1) is 0 Å². The highest BCUT2D eigenvalue weighted by molar-refractivity contribution is 6.14. The Hall–Kier alpha value is -5.60. The average Bonchev–Trinajstić information content (AvgIpc) is 3.67. The van der Waals surface area contributed by atoms with Crippen molar-refractivity contribution in [1.82, 2.24) is 9.13 Å². The zero-order valence-corrected chi connectivity index (χ0v) is 25.3. The molecule has 9 aromatic rings. The second-order valence-corrected chi connectivity index (χ2v) is 13.0. The Kier molecular flexibility index (Phi) is 4.82. The van der Waals surface area contributed by atoms with Gasteiger partial charge < -0.3 is 9.13 Å². The van der Waals surface area contributed by atoms with E-state index in [4.69, 9.17) is 0 Å². The maximum Gasteiger partial charge on any atom is 0.0561 e. The summed E-state index contributed by atoms with van der Waals surface area (Å²) in [7, 11) is 0. The van der Waals surface area contributed by atoms with Gasteiger partial charge in [0.15, 0.2) is 0 Å². The number of benzene rings is 7. The van der Waals surface area contributed by atoms with Crippen LogP contribution < -0.4 is 0 Å². The summed E-state index contributed by atoms with van der Waals surface area (Å²) in [5.74, 6) is 0. The van der Waals surface area contributed by atoms with Crippen LogP contribution in [0.15, 0.2) is 146 Å². The van der Waals surface area contributed by atoms with Gasteiger partial charge in [-0.25, -0.2) is 0 Å². The largest absolute Gasteiger partial charge is 0.309 e. The molecule has 0 aliphatic heterocycles. The normalized spacial score (nSPS) is 13.7. The van der Waals surface area contributed by atoms with Crippen molar-refractivity contribution in [3.8, 4) is 22.5 Å². The maximum absolute atomic E-state index is 2.48. The number of para-hydroxylation sites is 3. The van der Waals surface area contributed by atoms with E-state index in [0.717, 1.165) is 0 Å². The lowest BCUT2D eigenvalue weighted by atomic mass is 9.80. The molecule has 0 atom stereocenters. The Morgan fingerprint density at radius 3 is 1.78 bits per heavy atom. The van der Waals surface area contributed by atoms with Gasteiger partial charge in [-0.3, -0.25) is 0 Å². The zero-order valence-electron chi connectivity index (χ0n) is 25.3. The molecule has 45 heavy (non-hydrogen) atoms. The van der Waals surface area contributed by atoms with Crippen molar-refractivity contribution >= 4 is 54.4 Å². The fraction of sp³-hybridized carbons (Fsp3) is 0.0698. The van der Waals surface area contributed by atoms with Gasteiger partial charge in [0.2, 0.25) is 0 Å².